The molecule has 19 heavy (non-hydrogen) atoms. The normalized spacial score (nSPS) is 11.2. The van der Waals surface area contributed by atoms with Crippen LogP contribution in [0.15, 0.2) is 36.4 Å². The molecule has 0 amide bonds. The highest BCUT2D eigenvalue weighted by Gasteiger charge is 2.07. The molecule has 0 bridgehead atoms. The summed E-state index contributed by atoms with van der Waals surface area (Å²) in [6.45, 7) is 5.37. The van der Waals surface area contributed by atoms with Crippen LogP contribution in [0.1, 0.15) is 32.3 Å². The summed E-state index contributed by atoms with van der Waals surface area (Å²) in [6.07, 6.45) is 2.34. The van der Waals surface area contributed by atoms with E-state index in [4.69, 9.17) is 4.74 Å². The molecule has 1 N–H and O–H groups in total. The number of methoxy groups -OCH3 is 1. The minimum absolute atomic E-state index is 0.598. The van der Waals surface area contributed by atoms with Gasteiger partial charge in [-0.15, -0.1) is 0 Å². The third-order valence-electron chi connectivity index (χ3n) is 3.76. The van der Waals surface area contributed by atoms with Gasteiger partial charge in [-0.2, -0.15) is 0 Å². The van der Waals surface area contributed by atoms with Gasteiger partial charge in [0.05, 0.1) is 7.11 Å². The number of hydrogen-bond donors (Lipinski definition) is 1. The molecule has 102 valence electrons. The Morgan fingerprint density at radius 3 is 2.32 bits per heavy atom. The molecule has 0 aromatic heterocycles. The highest BCUT2D eigenvalue weighted by Crippen LogP contribution is 2.28. The van der Waals surface area contributed by atoms with Crippen LogP contribution < -0.4 is 10.1 Å². The molecule has 0 aliphatic carbocycles. The largest absolute Gasteiger partial charge is 0.496 e. The van der Waals surface area contributed by atoms with E-state index in [0.717, 1.165) is 12.3 Å². The van der Waals surface area contributed by atoms with Crippen molar-refractivity contribution < 1.29 is 4.74 Å². The van der Waals surface area contributed by atoms with Crippen molar-refractivity contribution in [1.29, 1.82) is 0 Å². The van der Waals surface area contributed by atoms with E-state index in [2.05, 4.69) is 55.6 Å². The average Bonchev–Trinajstić information content (AvgIpc) is 2.48. The predicted octanol–water partition coefficient (Wildman–Crippen LogP) is 4.13. The second-order valence-electron chi connectivity index (χ2n) is 4.87. The summed E-state index contributed by atoms with van der Waals surface area (Å²) < 4.78 is 5.43. The van der Waals surface area contributed by atoms with Crippen molar-refractivity contribution in [3.8, 4) is 5.75 Å². The van der Waals surface area contributed by atoms with Crippen molar-refractivity contribution in [2.24, 2.45) is 0 Å². The maximum atomic E-state index is 5.43. The van der Waals surface area contributed by atoms with Gasteiger partial charge < -0.3 is 10.1 Å². The Hall–Kier alpha value is -1.54. The Labute approximate surface area is 115 Å². The van der Waals surface area contributed by atoms with Crippen molar-refractivity contribution in [1.82, 2.24) is 5.32 Å². The lowest BCUT2D eigenvalue weighted by Gasteiger charge is -2.16. The van der Waals surface area contributed by atoms with Gasteiger partial charge in [0.2, 0.25) is 0 Å². The topological polar surface area (TPSA) is 21.3 Å². The fraction of sp³-hybridized carbons (Fsp3) is 0.412. The molecule has 2 heteroatoms. The van der Waals surface area contributed by atoms with Crippen LogP contribution in [0.4, 0.5) is 0 Å². The maximum Gasteiger partial charge on any atom is 0.126 e. The van der Waals surface area contributed by atoms with Crippen molar-refractivity contribution >= 4 is 10.8 Å². The first-order valence-corrected chi connectivity index (χ1v) is 7.08. The first-order chi connectivity index (χ1) is 9.30. The number of ether oxygens (including phenoxy) is 1. The Morgan fingerprint density at radius 1 is 1.00 bits per heavy atom. The number of nitrogens with one attached hydrogen (secondary N) is 1. The molecule has 0 saturated carbocycles. The molecule has 0 spiro atoms. The first-order valence-electron chi connectivity index (χ1n) is 7.08. The summed E-state index contributed by atoms with van der Waals surface area (Å²) in [7, 11) is 1.73. The van der Waals surface area contributed by atoms with Gasteiger partial charge in [0.25, 0.3) is 0 Å². The lowest BCUT2D eigenvalue weighted by molar-refractivity contribution is 0.419. The summed E-state index contributed by atoms with van der Waals surface area (Å²) in [4.78, 5) is 0. The molecule has 2 rings (SSSR count). The van der Waals surface area contributed by atoms with Gasteiger partial charge in [-0.25, -0.2) is 0 Å². The van der Waals surface area contributed by atoms with E-state index in [1.54, 1.807) is 7.11 Å². The summed E-state index contributed by atoms with van der Waals surface area (Å²) in [5.74, 6) is 0.946. The predicted molar refractivity (Wildman–Crippen MR) is 81.7 cm³/mol. The molecule has 0 aliphatic rings. The fourth-order valence-corrected chi connectivity index (χ4v) is 2.50. The van der Waals surface area contributed by atoms with Crippen LogP contribution in [-0.4, -0.2) is 13.2 Å². The van der Waals surface area contributed by atoms with Crippen LogP contribution in [0, 0.1) is 0 Å². The van der Waals surface area contributed by atoms with E-state index in [9.17, 15) is 0 Å². The van der Waals surface area contributed by atoms with Gasteiger partial charge >= 0.3 is 0 Å². The van der Waals surface area contributed by atoms with Crippen molar-refractivity contribution in [3.05, 3.63) is 42.0 Å². The van der Waals surface area contributed by atoms with Crippen molar-refractivity contribution in [3.63, 3.8) is 0 Å². The van der Waals surface area contributed by atoms with Crippen LogP contribution in [0.25, 0.3) is 10.8 Å². The minimum atomic E-state index is 0.598. The quantitative estimate of drug-likeness (QED) is 0.840. The molecule has 0 heterocycles. The molecule has 0 atom stereocenters. The lowest BCUT2D eigenvalue weighted by Crippen LogP contribution is -2.27. The maximum absolute atomic E-state index is 5.43. The van der Waals surface area contributed by atoms with E-state index < -0.39 is 0 Å². The highest BCUT2D eigenvalue weighted by molar-refractivity contribution is 5.91. The van der Waals surface area contributed by atoms with Crippen LogP contribution in [-0.2, 0) is 6.54 Å². The van der Waals surface area contributed by atoms with E-state index in [-0.39, 0.29) is 0 Å². The number of rotatable bonds is 6. The Bertz CT molecular complexity index is 532. The molecule has 0 unspecified atom stereocenters. The monoisotopic (exact) mass is 257 g/mol. The lowest BCUT2D eigenvalue weighted by atomic mass is 10.0. The molecule has 0 saturated heterocycles. The van der Waals surface area contributed by atoms with E-state index in [0.29, 0.717) is 6.04 Å². The average molecular weight is 257 g/mol. The molecule has 0 aliphatic heterocycles. The second kappa shape index (κ2) is 6.58. The molecular weight excluding hydrogens is 234 g/mol. The molecule has 2 aromatic carbocycles. The van der Waals surface area contributed by atoms with Crippen molar-refractivity contribution in [2.45, 2.75) is 39.3 Å². The SMILES string of the molecule is CCC(CC)NCc1ccc(OC)c2ccccc12. The molecular formula is C17H23NO. The molecule has 0 radical (unpaired) electrons. The Balaban J connectivity index is 2.29. The van der Waals surface area contributed by atoms with E-state index in [1.807, 2.05) is 0 Å². The zero-order chi connectivity index (χ0) is 13.7. The Morgan fingerprint density at radius 2 is 1.68 bits per heavy atom. The summed E-state index contributed by atoms with van der Waals surface area (Å²) in [6, 6.07) is 13.3. The molecule has 2 aromatic rings. The highest BCUT2D eigenvalue weighted by atomic mass is 16.5. The molecule has 0 fully saturated rings. The Kier molecular flexibility index (Phi) is 4.80. The van der Waals surface area contributed by atoms with Gasteiger partial charge in [0, 0.05) is 18.0 Å². The van der Waals surface area contributed by atoms with Gasteiger partial charge in [-0.1, -0.05) is 44.2 Å². The molecule has 2 nitrogen and oxygen atoms in total. The number of hydrogen-bond acceptors (Lipinski definition) is 2. The first kappa shape index (κ1) is 13.9. The standard InChI is InChI=1S/C17H23NO/c1-4-14(5-2)18-12-13-10-11-17(19-3)16-9-7-6-8-15(13)16/h6-11,14,18H,4-5,12H2,1-3H3. The van der Waals surface area contributed by atoms with Gasteiger partial charge in [0.1, 0.15) is 5.75 Å². The van der Waals surface area contributed by atoms with Crippen molar-refractivity contribution in [2.75, 3.05) is 7.11 Å². The third kappa shape index (κ3) is 3.07. The number of fused-ring (bicyclic) bond motifs is 1. The van der Waals surface area contributed by atoms with Crippen LogP contribution in [0.2, 0.25) is 0 Å². The smallest absolute Gasteiger partial charge is 0.126 e. The zero-order valence-corrected chi connectivity index (χ0v) is 12.1. The van der Waals surface area contributed by atoms with E-state index >= 15 is 0 Å². The fourth-order valence-electron chi connectivity index (χ4n) is 2.50. The van der Waals surface area contributed by atoms with Gasteiger partial charge in [-0.05, 0) is 29.9 Å². The summed E-state index contributed by atoms with van der Waals surface area (Å²) >= 11 is 0. The summed E-state index contributed by atoms with van der Waals surface area (Å²) in [5, 5.41) is 6.09. The van der Waals surface area contributed by atoms with Gasteiger partial charge in [0.15, 0.2) is 0 Å². The summed E-state index contributed by atoms with van der Waals surface area (Å²) in [5.41, 5.74) is 1.34. The zero-order valence-electron chi connectivity index (χ0n) is 12.1. The van der Waals surface area contributed by atoms with E-state index in [1.165, 1.54) is 29.2 Å². The van der Waals surface area contributed by atoms with Crippen LogP contribution >= 0.6 is 0 Å². The van der Waals surface area contributed by atoms with Crippen LogP contribution in [0.5, 0.6) is 5.75 Å². The van der Waals surface area contributed by atoms with Crippen LogP contribution in [0.3, 0.4) is 0 Å². The minimum Gasteiger partial charge on any atom is -0.496 e. The number of benzene rings is 2. The van der Waals surface area contributed by atoms with Gasteiger partial charge in [-0.3, -0.25) is 0 Å². The third-order valence-corrected chi connectivity index (χ3v) is 3.76. The second-order valence-corrected chi connectivity index (χ2v) is 4.87.